The maximum atomic E-state index is 11.7. The van der Waals surface area contributed by atoms with Crippen LogP contribution in [0.3, 0.4) is 0 Å². The summed E-state index contributed by atoms with van der Waals surface area (Å²) in [4.78, 5) is 32.4. The van der Waals surface area contributed by atoms with Gasteiger partial charge in [-0.1, -0.05) is 0 Å². The van der Waals surface area contributed by atoms with E-state index >= 15 is 0 Å². The van der Waals surface area contributed by atoms with Crippen LogP contribution in [0.4, 0.5) is 5.82 Å². The first-order chi connectivity index (χ1) is 9.39. The monoisotopic (exact) mass is 307 g/mol. The molecule has 2 rings (SSSR count). The molecule has 1 aromatic heterocycles. The maximum absolute atomic E-state index is 11.7. The Kier molecular flexibility index (Phi) is 4.53. The molecule has 0 spiro atoms. The lowest BCUT2D eigenvalue weighted by Crippen LogP contribution is -2.27. The van der Waals surface area contributed by atoms with Crippen LogP contribution < -0.4 is 11.2 Å². The van der Waals surface area contributed by atoms with E-state index in [1.165, 1.54) is 16.8 Å². The molecule has 0 aromatic carbocycles. The lowest BCUT2D eigenvalue weighted by atomic mass is 10.2. The molecule has 4 N–H and O–H groups in total. The Hall–Kier alpha value is -1.29. The molecular weight excluding hydrogens is 293 g/mol. The number of phosphoric ester groups is 1. The van der Waals surface area contributed by atoms with E-state index in [2.05, 4.69) is 9.51 Å². The lowest BCUT2D eigenvalue weighted by molar-refractivity contribution is -0.0243. The van der Waals surface area contributed by atoms with Crippen molar-refractivity contribution in [1.29, 1.82) is 0 Å². The highest BCUT2D eigenvalue weighted by Crippen LogP contribution is 2.37. The largest absolute Gasteiger partial charge is 0.469 e. The maximum Gasteiger partial charge on any atom is 0.469 e. The number of hydrogen-bond acceptors (Lipinski definition) is 7. The van der Waals surface area contributed by atoms with Crippen LogP contribution in [0.2, 0.25) is 0 Å². The zero-order valence-corrected chi connectivity index (χ0v) is 11.1. The van der Waals surface area contributed by atoms with Crippen LogP contribution in [-0.2, 0) is 13.8 Å². The van der Waals surface area contributed by atoms with Gasteiger partial charge in [0.05, 0.1) is 12.7 Å². The summed E-state index contributed by atoms with van der Waals surface area (Å²) in [7, 11) is -4.53. The molecule has 20 heavy (non-hydrogen) atoms. The zero-order chi connectivity index (χ0) is 14.8. The van der Waals surface area contributed by atoms with Gasteiger partial charge in [-0.05, 0) is 18.9 Å². The summed E-state index contributed by atoms with van der Waals surface area (Å²) in [6.07, 6.45) is 1.31. The van der Waals surface area contributed by atoms with E-state index in [1.807, 2.05) is 0 Å². The predicted molar refractivity (Wildman–Crippen MR) is 65.0 cm³/mol. The molecule has 1 aliphatic rings. The smallest absolute Gasteiger partial charge is 0.352 e. The third-order valence-corrected chi connectivity index (χ3v) is 3.25. The quantitative estimate of drug-likeness (QED) is 0.430. The molecule has 0 aliphatic carbocycles. The number of anilines is 1. The first-order valence-electron chi connectivity index (χ1n) is 5.74. The van der Waals surface area contributed by atoms with Crippen molar-refractivity contribution in [1.82, 2.24) is 9.55 Å². The molecule has 1 fully saturated rings. The van der Waals surface area contributed by atoms with Gasteiger partial charge in [0.15, 0.2) is 5.82 Å². The molecule has 1 aromatic rings. The van der Waals surface area contributed by atoms with Gasteiger partial charge >= 0.3 is 13.5 Å². The molecular formula is C9H14N3O7P. The molecule has 112 valence electrons. The Morgan fingerprint density at radius 3 is 2.90 bits per heavy atom. The third kappa shape index (κ3) is 3.85. The molecule has 0 bridgehead atoms. The van der Waals surface area contributed by atoms with Crippen LogP contribution in [0.5, 0.6) is 0 Å². The Balaban J connectivity index is 1.99. The Morgan fingerprint density at radius 2 is 2.30 bits per heavy atom. The first-order valence-corrected chi connectivity index (χ1v) is 7.27. The van der Waals surface area contributed by atoms with Gasteiger partial charge in [-0.15, -0.1) is 0 Å². The van der Waals surface area contributed by atoms with E-state index in [1.54, 1.807) is 5.48 Å². The van der Waals surface area contributed by atoms with Crippen LogP contribution in [0.15, 0.2) is 17.1 Å². The first kappa shape index (κ1) is 15.1. The van der Waals surface area contributed by atoms with Crippen molar-refractivity contribution in [2.24, 2.45) is 0 Å². The molecule has 1 saturated heterocycles. The van der Waals surface area contributed by atoms with E-state index in [-0.39, 0.29) is 12.4 Å². The van der Waals surface area contributed by atoms with Gasteiger partial charge in [0, 0.05) is 6.20 Å². The van der Waals surface area contributed by atoms with E-state index in [4.69, 9.17) is 19.7 Å². The standard InChI is InChI=1S/C9H14N3O7P/c13-9-10-7(11-14)3-4-12(9)8-2-1-6(19-8)5-18-20(15,16)17/h3-4,6,8,14H,1-2,5H2,(H,10,11,13)(H2,15,16,17)/t6-,8?/m0/s1. The van der Waals surface area contributed by atoms with Crippen molar-refractivity contribution in [3.8, 4) is 0 Å². The third-order valence-electron chi connectivity index (χ3n) is 2.77. The van der Waals surface area contributed by atoms with Crippen LogP contribution in [0.25, 0.3) is 0 Å². The van der Waals surface area contributed by atoms with Crippen molar-refractivity contribution in [2.45, 2.75) is 25.2 Å². The lowest BCUT2D eigenvalue weighted by Gasteiger charge is -2.16. The summed E-state index contributed by atoms with van der Waals surface area (Å²) < 4.78 is 21.6. The Morgan fingerprint density at radius 1 is 1.55 bits per heavy atom. The van der Waals surface area contributed by atoms with Gasteiger partial charge in [-0.25, -0.2) is 9.36 Å². The highest BCUT2D eigenvalue weighted by molar-refractivity contribution is 7.46. The Labute approximate surface area is 113 Å². The summed E-state index contributed by atoms with van der Waals surface area (Å²) >= 11 is 0. The van der Waals surface area contributed by atoms with Crippen molar-refractivity contribution in [2.75, 3.05) is 12.1 Å². The predicted octanol–water partition coefficient (Wildman–Crippen LogP) is -0.169. The number of aromatic nitrogens is 2. The summed E-state index contributed by atoms with van der Waals surface area (Å²) in [6.45, 7) is -0.251. The normalized spacial score (nSPS) is 22.9. The van der Waals surface area contributed by atoms with Crippen molar-refractivity contribution >= 4 is 13.6 Å². The molecule has 0 amide bonds. The molecule has 0 radical (unpaired) electrons. The van der Waals surface area contributed by atoms with E-state index in [9.17, 15) is 9.36 Å². The topological polar surface area (TPSA) is 143 Å². The summed E-state index contributed by atoms with van der Waals surface area (Å²) in [5, 5.41) is 8.62. The van der Waals surface area contributed by atoms with Gasteiger partial charge in [0.1, 0.15) is 6.23 Å². The van der Waals surface area contributed by atoms with Crippen LogP contribution in [0, 0.1) is 0 Å². The zero-order valence-electron chi connectivity index (χ0n) is 10.2. The highest BCUT2D eigenvalue weighted by Gasteiger charge is 2.29. The minimum atomic E-state index is -4.53. The van der Waals surface area contributed by atoms with E-state index in [0.717, 1.165) is 0 Å². The van der Waals surface area contributed by atoms with Crippen LogP contribution >= 0.6 is 7.82 Å². The second kappa shape index (κ2) is 6.00. The summed E-state index contributed by atoms with van der Waals surface area (Å²) in [6, 6.07) is 1.39. The number of phosphoric acid groups is 1. The van der Waals surface area contributed by atoms with Crippen LogP contribution in [-0.4, -0.2) is 37.3 Å². The fourth-order valence-electron chi connectivity index (χ4n) is 1.89. The van der Waals surface area contributed by atoms with E-state index < -0.39 is 25.8 Å². The van der Waals surface area contributed by atoms with Gasteiger partial charge in [-0.3, -0.25) is 19.8 Å². The Bertz CT molecular complexity index is 571. The average molecular weight is 307 g/mol. The van der Waals surface area contributed by atoms with Crippen molar-refractivity contribution in [3.63, 3.8) is 0 Å². The highest BCUT2D eigenvalue weighted by atomic mass is 31.2. The number of nitrogens with zero attached hydrogens (tertiary/aromatic N) is 2. The van der Waals surface area contributed by atoms with Gasteiger partial charge < -0.3 is 14.5 Å². The van der Waals surface area contributed by atoms with Gasteiger partial charge in [-0.2, -0.15) is 4.98 Å². The molecule has 11 heteroatoms. The minimum Gasteiger partial charge on any atom is -0.352 e. The summed E-state index contributed by atoms with van der Waals surface area (Å²) in [5.74, 6) is 0.0191. The van der Waals surface area contributed by atoms with Gasteiger partial charge in [0.2, 0.25) is 0 Å². The second-order valence-electron chi connectivity index (χ2n) is 4.19. The number of ether oxygens (including phenoxy) is 1. The number of nitrogens with one attached hydrogen (secondary N) is 1. The average Bonchev–Trinajstić information content (AvgIpc) is 2.84. The van der Waals surface area contributed by atoms with Crippen LogP contribution in [0.1, 0.15) is 19.1 Å². The molecule has 2 atom stereocenters. The fraction of sp³-hybridized carbons (Fsp3) is 0.556. The molecule has 2 heterocycles. The van der Waals surface area contributed by atoms with Gasteiger partial charge in [0.25, 0.3) is 0 Å². The van der Waals surface area contributed by atoms with Crippen molar-refractivity contribution < 1.29 is 28.8 Å². The van der Waals surface area contributed by atoms with E-state index in [0.29, 0.717) is 12.8 Å². The molecule has 0 saturated carbocycles. The number of rotatable bonds is 5. The second-order valence-corrected chi connectivity index (χ2v) is 5.43. The molecule has 10 nitrogen and oxygen atoms in total. The fourth-order valence-corrected chi connectivity index (χ4v) is 2.25. The molecule has 1 aliphatic heterocycles. The summed E-state index contributed by atoms with van der Waals surface area (Å²) in [5.41, 5.74) is 1.15. The molecule has 1 unspecified atom stereocenters. The number of hydrogen-bond donors (Lipinski definition) is 4. The SMILES string of the molecule is O=c1nc(NO)ccn1C1CC[C@@H](COP(=O)(O)O)O1. The van der Waals surface area contributed by atoms with Crippen molar-refractivity contribution in [3.05, 3.63) is 22.7 Å². The minimum absolute atomic E-state index is 0.0191.